The first-order valence-electron chi connectivity index (χ1n) is 8.65. The number of nitrogens with one attached hydrogen (secondary N) is 2. The Labute approximate surface area is 163 Å². The van der Waals surface area contributed by atoms with E-state index in [1.54, 1.807) is 18.2 Å². The molecule has 0 aliphatic heterocycles. The number of carbonyl (C=O) groups excluding carboxylic acids is 2. The standard InChI is InChI=1S/C20H23ClN2O4/c1-3-11-27-18-10-9-15(12-16(18)21)22-20(25)23-17(13-19(24)26-2)14-7-5-4-6-8-14/h4-10,12,17H,3,11,13H2,1-2H3,(H2,22,23,25). The van der Waals surface area contributed by atoms with Crippen LogP contribution in [0.3, 0.4) is 0 Å². The van der Waals surface area contributed by atoms with E-state index in [9.17, 15) is 9.59 Å². The number of rotatable bonds is 8. The highest BCUT2D eigenvalue weighted by Crippen LogP contribution is 2.28. The smallest absolute Gasteiger partial charge is 0.319 e. The summed E-state index contributed by atoms with van der Waals surface area (Å²) in [5.74, 6) is 0.155. The molecule has 144 valence electrons. The number of ether oxygens (including phenoxy) is 2. The molecule has 0 spiro atoms. The van der Waals surface area contributed by atoms with Crippen LogP contribution in [0.2, 0.25) is 5.02 Å². The number of benzene rings is 2. The molecule has 0 saturated carbocycles. The minimum Gasteiger partial charge on any atom is -0.492 e. The van der Waals surface area contributed by atoms with Crippen LogP contribution in [0, 0.1) is 0 Å². The molecule has 0 aliphatic rings. The highest BCUT2D eigenvalue weighted by atomic mass is 35.5. The van der Waals surface area contributed by atoms with Crippen LogP contribution in [0.15, 0.2) is 48.5 Å². The molecule has 1 unspecified atom stereocenters. The first-order valence-corrected chi connectivity index (χ1v) is 9.03. The second-order valence-electron chi connectivity index (χ2n) is 5.84. The van der Waals surface area contributed by atoms with Crippen molar-refractivity contribution in [1.29, 1.82) is 0 Å². The Morgan fingerprint density at radius 2 is 1.89 bits per heavy atom. The molecule has 2 aromatic carbocycles. The Balaban J connectivity index is 2.04. The Kier molecular flexibility index (Phi) is 7.95. The van der Waals surface area contributed by atoms with Crippen molar-refractivity contribution in [3.63, 3.8) is 0 Å². The molecule has 0 aliphatic carbocycles. The molecular weight excluding hydrogens is 368 g/mol. The summed E-state index contributed by atoms with van der Waals surface area (Å²) < 4.78 is 10.2. The van der Waals surface area contributed by atoms with Crippen LogP contribution < -0.4 is 15.4 Å². The summed E-state index contributed by atoms with van der Waals surface area (Å²) in [6.45, 7) is 2.57. The van der Waals surface area contributed by atoms with Crippen molar-refractivity contribution < 1.29 is 19.1 Å². The Hall–Kier alpha value is -2.73. The summed E-state index contributed by atoms with van der Waals surface area (Å²) >= 11 is 6.18. The van der Waals surface area contributed by atoms with Crippen LogP contribution in [-0.2, 0) is 9.53 Å². The highest BCUT2D eigenvalue weighted by molar-refractivity contribution is 6.32. The minimum absolute atomic E-state index is 0.0263. The molecule has 0 radical (unpaired) electrons. The van der Waals surface area contributed by atoms with E-state index in [1.165, 1.54) is 7.11 Å². The van der Waals surface area contributed by atoms with Crippen molar-refractivity contribution in [2.45, 2.75) is 25.8 Å². The summed E-state index contributed by atoms with van der Waals surface area (Å²) in [5.41, 5.74) is 1.32. The second-order valence-corrected chi connectivity index (χ2v) is 6.24. The van der Waals surface area contributed by atoms with Gasteiger partial charge in [0.05, 0.1) is 31.2 Å². The summed E-state index contributed by atoms with van der Waals surface area (Å²) in [4.78, 5) is 24.1. The zero-order valence-corrected chi connectivity index (χ0v) is 16.1. The lowest BCUT2D eigenvalue weighted by molar-refractivity contribution is -0.141. The maximum atomic E-state index is 12.4. The fourth-order valence-corrected chi connectivity index (χ4v) is 2.66. The van der Waals surface area contributed by atoms with E-state index in [0.717, 1.165) is 12.0 Å². The Morgan fingerprint density at radius 3 is 2.52 bits per heavy atom. The highest BCUT2D eigenvalue weighted by Gasteiger charge is 2.19. The van der Waals surface area contributed by atoms with E-state index < -0.39 is 18.0 Å². The van der Waals surface area contributed by atoms with Gasteiger partial charge >= 0.3 is 12.0 Å². The van der Waals surface area contributed by atoms with Gasteiger partial charge in [0, 0.05) is 5.69 Å². The molecule has 0 saturated heterocycles. The summed E-state index contributed by atoms with van der Waals surface area (Å²) in [7, 11) is 1.31. The average Bonchev–Trinajstić information content (AvgIpc) is 2.67. The van der Waals surface area contributed by atoms with Crippen LogP contribution in [-0.4, -0.2) is 25.7 Å². The maximum absolute atomic E-state index is 12.4. The summed E-state index contributed by atoms with van der Waals surface area (Å²) in [6.07, 6.45) is 0.901. The molecule has 2 N–H and O–H groups in total. The van der Waals surface area contributed by atoms with E-state index in [0.29, 0.717) is 23.1 Å². The molecule has 2 rings (SSSR count). The van der Waals surface area contributed by atoms with Gasteiger partial charge in [-0.05, 0) is 30.2 Å². The van der Waals surface area contributed by atoms with E-state index in [4.69, 9.17) is 21.1 Å². The number of carbonyl (C=O) groups is 2. The zero-order chi connectivity index (χ0) is 19.6. The number of anilines is 1. The van der Waals surface area contributed by atoms with Crippen LogP contribution in [0.4, 0.5) is 10.5 Å². The van der Waals surface area contributed by atoms with Gasteiger partial charge in [-0.15, -0.1) is 0 Å². The molecule has 27 heavy (non-hydrogen) atoms. The molecule has 2 amide bonds. The second kappa shape index (κ2) is 10.4. The quantitative estimate of drug-likeness (QED) is 0.648. The molecule has 0 fully saturated rings. The first-order chi connectivity index (χ1) is 13.0. The number of hydrogen-bond acceptors (Lipinski definition) is 4. The number of esters is 1. The largest absolute Gasteiger partial charge is 0.492 e. The minimum atomic E-state index is -0.513. The van der Waals surface area contributed by atoms with Gasteiger partial charge in [0.25, 0.3) is 0 Å². The van der Waals surface area contributed by atoms with E-state index in [-0.39, 0.29) is 6.42 Å². The fourth-order valence-electron chi connectivity index (χ4n) is 2.42. The van der Waals surface area contributed by atoms with Gasteiger partial charge in [0.1, 0.15) is 5.75 Å². The van der Waals surface area contributed by atoms with Crippen molar-refractivity contribution in [3.8, 4) is 5.75 Å². The maximum Gasteiger partial charge on any atom is 0.319 e. The molecule has 6 nitrogen and oxygen atoms in total. The third-order valence-corrected chi connectivity index (χ3v) is 4.05. The van der Waals surface area contributed by atoms with Gasteiger partial charge in [0.15, 0.2) is 0 Å². The van der Waals surface area contributed by atoms with Crippen molar-refractivity contribution in [3.05, 3.63) is 59.1 Å². The van der Waals surface area contributed by atoms with Crippen molar-refractivity contribution in [2.75, 3.05) is 19.0 Å². The molecule has 1 atom stereocenters. The lowest BCUT2D eigenvalue weighted by atomic mass is 10.0. The van der Waals surface area contributed by atoms with Crippen LogP contribution in [0.5, 0.6) is 5.75 Å². The van der Waals surface area contributed by atoms with Crippen molar-refractivity contribution in [1.82, 2.24) is 5.32 Å². The SMILES string of the molecule is CCCOc1ccc(NC(=O)NC(CC(=O)OC)c2ccccc2)cc1Cl. The number of methoxy groups -OCH3 is 1. The lowest BCUT2D eigenvalue weighted by Gasteiger charge is -2.19. The van der Waals surface area contributed by atoms with Gasteiger partial charge in [-0.3, -0.25) is 4.79 Å². The predicted octanol–water partition coefficient (Wildman–Crippen LogP) is 4.55. The first kappa shape index (κ1) is 20.6. The summed E-state index contributed by atoms with van der Waals surface area (Å²) in [5, 5.41) is 5.92. The topological polar surface area (TPSA) is 76.7 Å². The monoisotopic (exact) mass is 390 g/mol. The third-order valence-electron chi connectivity index (χ3n) is 3.76. The Bertz CT molecular complexity index is 768. The number of urea groups is 1. The molecule has 0 bridgehead atoms. The molecule has 7 heteroatoms. The van der Waals surface area contributed by atoms with E-state index in [2.05, 4.69) is 10.6 Å². The van der Waals surface area contributed by atoms with Crippen LogP contribution >= 0.6 is 11.6 Å². The molecule has 0 heterocycles. The zero-order valence-electron chi connectivity index (χ0n) is 15.3. The molecule has 2 aromatic rings. The number of amides is 2. The molecule has 0 aromatic heterocycles. The van der Waals surface area contributed by atoms with Gasteiger partial charge < -0.3 is 20.1 Å². The molecular formula is C20H23ClN2O4. The van der Waals surface area contributed by atoms with Crippen LogP contribution in [0.1, 0.15) is 31.4 Å². The van der Waals surface area contributed by atoms with Gasteiger partial charge in [0.2, 0.25) is 0 Å². The van der Waals surface area contributed by atoms with E-state index >= 15 is 0 Å². The van der Waals surface area contributed by atoms with E-state index in [1.807, 2.05) is 37.3 Å². The van der Waals surface area contributed by atoms with Crippen molar-refractivity contribution >= 4 is 29.3 Å². The van der Waals surface area contributed by atoms with Gasteiger partial charge in [-0.25, -0.2) is 4.79 Å². The van der Waals surface area contributed by atoms with Gasteiger partial charge in [-0.2, -0.15) is 0 Å². The Morgan fingerprint density at radius 1 is 1.15 bits per heavy atom. The third kappa shape index (κ3) is 6.49. The number of halogens is 1. The fraction of sp³-hybridized carbons (Fsp3) is 0.300. The normalized spacial score (nSPS) is 11.4. The summed E-state index contributed by atoms with van der Waals surface area (Å²) in [6, 6.07) is 13.3. The van der Waals surface area contributed by atoms with Crippen molar-refractivity contribution in [2.24, 2.45) is 0 Å². The predicted molar refractivity (Wildman–Crippen MR) is 105 cm³/mol. The number of hydrogen-bond donors (Lipinski definition) is 2. The average molecular weight is 391 g/mol. The van der Waals surface area contributed by atoms with Gasteiger partial charge in [-0.1, -0.05) is 48.9 Å². The van der Waals surface area contributed by atoms with Crippen LogP contribution in [0.25, 0.3) is 0 Å². The lowest BCUT2D eigenvalue weighted by Crippen LogP contribution is -2.34.